The van der Waals surface area contributed by atoms with Crippen LogP contribution in [0.4, 0.5) is 0 Å². The third-order valence-electron chi connectivity index (χ3n) is 3.34. The summed E-state index contributed by atoms with van der Waals surface area (Å²) in [7, 11) is 0. The van der Waals surface area contributed by atoms with Crippen LogP contribution >= 0.6 is 0 Å². The zero-order chi connectivity index (χ0) is 13.2. The van der Waals surface area contributed by atoms with Crippen LogP contribution in [-0.4, -0.2) is 32.9 Å². The topological polar surface area (TPSA) is 64.2 Å². The average molecular weight is 260 g/mol. The lowest BCUT2D eigenvalue weighted by atomic mass is 10.00. The molecule has 3 rings (SSSR count). The second-order valence-electron chi connectivity index (χ2n) is 5.05. The molecule has 1 aliphatic heterocycles. The average Bonchev–Trinajstić information content (AvgIpc) is 2.83. The molecular weight excluding hydrogens is 244 g/mol. The van der Waals surface area contributed by atoms with E-state index < -0.39 is 0 Å². The monoisotopic (exact) mass is 260 g/mol. The Bertz CT molecular complexity index is 599. The molecule has 0 aliphatic carbocycles. The first kappa shape index (κ1) is 12.1. The molecule has 19 heavy (non-hydrogen) atoms. The van der Waals surface area contributed by atoms with E-state index >= 15 is 0 Å². The van der Waals surface area contributed by atoms with Crippen molar-refractivity contribution in [2.75, 3.05) is 13.1 Å². The summed E-state index contributed by atoms with van der Waals surface area (Å²) in [6, 6.07) is 5.20. The van der Waals surface area contributed by atoms with Crippen LogP contribution in [0.15, 0.2) is 33.8 Å². The van der Waals surface area contributed by atoms with Gasteiger partial charge in [0.2, 0.25) is 0 Å². The van der Waals surface area contributed by atoms with Crippen molar-refractivity contribution in [3.8, 4) is 0 Å². The maximum Gasteiger partial charge on any atom is 0.266 e. The van der Waals surface area contributed by atoms with Gasteiger partial charge in [0.15, 0.2) is 0 Å². The maximum absolute atomic E-state index is 11.6. The maximum atomic E-state index is 11.6. The van der Waals surface area contributed by atoms with Crippen LogP contribution in [-0.2, 0) is 13.1 Å². The minimum Gasteiger partial charge on any atom is -0.364 e. The number of aryl methyl sites for hydroxylation is 1. The van der Waals surface area contributed by atoms with E-state index in [9.17, 15) is 4.79 Å². The van der Waals surface area contributed by atoms with Crippen molar-refractivity contribution in [2.45, 2.75) is 20.0 Å². The molecule has 0 atom stereocenters. The first-order valence-corrected chi connectivity index (χ1v) is 6.37. The molecule has 0 bridgehead atoms. The highest BCUT2D eigenvalue weighted by atomic mass is 16.5. The van der Waals surface area contributed by atoms with Crippen molar-refractivity contribution in [1.29, 1.82) is 0 Å². The van der Waals surface area contributed by atoms with E-state index in [-0.39, 0.29) is 5.56 Å². The zero-order valence-corrected chi connectivity index (χ0v) is 10.8. The molecule has 0 aromatic carbocycles. The molecule has 1 fully saturated rings. The van der Waals surface area contributed by atoms with Gasteiger partial charge in [0.25, 0.3) is 5.56 Å². The summed E-state index contributed by atoms with van der Waals surface area (Å²) in [5, 5.41) is 8.14. The first-order chi connectivity index (χ1) is 9.20. The SMILES string of the molecule is Cc1ccc(=O)n(CC2CN(Cc3ccon3)C2)n1. The minimum atomic E-state index is -0.0273. The van der Waals surface area contributed by atoms with Gasteiger partial charge in [0, 0.05) is 37.7 Å². The molecule has 100 valence electrons. The normalized spacial score (nSPS) is 16.5. The molecule has 3 heterocycles. The van der Waals surface area contributed by atoms with Gasteiger partial charge in [-0.2, -0.15) is 5.10 Å². The highest BCUT2D eigenvalue weighted by molar-refractivity contribution is 4.99. The van der Waals surface area contributed by atoms with E-state index in [1.54, 1.807) is 23.1 Å². The van der Waals surface area contributed by atoms with Crippen LogP contribution in [0.3, 0.4) is 0 Å². The summed E-state index contributed by atoms with van der Waals surface area (Å²) in [4.78, 5) is 13.9. The second-order valence-corrected chi connectivity index (χ2v) is 5.05. The molecule has 6 heteroatoms. The number of rotatable bonds is 4. The van der Waals surface area contributed by atoms with E-state index in [2.05, 4.69) is 15.2 Å². The molecule has 0 radical (unpaired) electrons. The van der Waals surface area contributed by atoms with Gasteiger partial charge in [0.1, 0.15) is 6.26 Å². The molecule has 0 unspecified atom stereocenters. The predicted molar refractivity (Wildman–Crippen MR) is 68.5 cm³/mol. The number of aromatic nitrogens is 3. The van der Waals surface area contributed by atoms with Crippen LogP contribution in [0.5, 0.6) is 0 Å². The second kappa shape index (κ2) is 4.97. The molecule has 0 amide bonds. The van der Waals surface area contributed by atoms with Gasteiger partial charge in [-0.1, -0.05) is 5.16 Å². The molecule has 1 aliphatic rings. The Kier molecular flexibility index (Phi) is 3.16. The van der Waals surface area contributed by atoms with Gasteiger partial charge in [-0.15, -0.1) is 0 Å². The van der Waals surface area contributed by atoms with E-state index in [0.717, 1.165) is 31.0 Å². The molecule has 6 nitrogen and oxygen atoms in total. The smallest absolute Gasteiger partial charge is 0.266 e. The number of nitrogens with zero attached hydrogens (tertiary/aromatic N) is 4. The third-order valence-corrected chi connectivity index (χ3v) is 3.34. The summed E-state index contributed by atoms with van der Waals surface area (Å²) in [5.41, 5.74) is 1.79. The molecular formula is C13H16N4O2. The third kappa shape index (κ3) is 2.73. The van der Waals surface area contributed by atoms with Crippen molar-refractivity contribution >= 4 is 0 Å². The summed E-state index contributed by atoms with van der Waals surface area (Å²) in [6.07, 6.45) is 1.59. The summed E-state index contributed by atoms with van der Waals surface area (Å²) in [6.45, 7) is 5.33. The molecule has 1 saturated heterocycles. The van der Waals surface area contributed by atoms with Crippen LogP contribution < -0.4 is 5.56 Å². The van der Waals surface area contributed by atoms with E-state index in [1.807, 2.05) is 13.0 Å². The highest BCUT2D eigenvalue weighted by Crippen LogP contribution is 2.18. The Labute approximate surface area is 110 Å². The van der Waals surface area contributed by atoms with Crippen molar-refractivity contribution in [2.24, 2.45) is 5.92 Å². The van der Waals surface area contributed by atoms with Crippen LogP contribution in [0, 0.1) is 12.8 Å². The van der Waals surface area contributed by atoms with Crippen molar-refractivity contribution in [3.63, 3.8) is 0 Å². The molecule has 0 N–H and O–H groups in total. The Morgan fingerprint density at radius 1 is 1.37 bits per heavy atom. The first-order valence-electron chi connectivity index (χ1n) is 6.37. The highest BCUT2D eigenvalue weighted by Gasteiger charge is 2.27. The summed E-state index contributed by atoms with van der Waals surface area (Å²) in [5.74, 6) is 0.485. The fourth-order valence-corrected chi connectivity index (χ4v) is 2.40. The lowest BCUT2D eigenvalue weighted by molar-refractivity contribution is 0.0742. The van der Waals surface area contributed by atoms with E-state index in [0.29, 0.717) is 12.5 Å². The van der Waals surface area contributed by atoms with Gasteiger partial charge in [-0.05, 0) is 13.0 Å². The van der Waals surface area contributed by atoms with Crippen LogP contribution in [0.2, 0.25) is 0 Å². The molecule has 2 aromatic rings. The number of hydrogen-bond donors (Lipinski definition) is 0. The fraction of sp³-hybridized carbons (Fsp3) is 0.462. The Morgan fingerprint density at radius 3 is 2.95 bits per heavy atom. The molecule has 0 saturated carbocycles. The lowest BCUT2D eigenvalue weighted by Crippen LogP contribution is -2.48. The molecule has 0 spiro atoms. The van der Waals surface area contributed by atoms with Gasteiger partial charge in [-0.25, -0.2) is 4.68 Å². The number of likely N-dealkylation sites (tertiary alicyclic amines) is 1. The van der Waals surface area contributed by atoms with Gasteiger partial charge in [-0.3, -0.25) is 9.69 Å². The van der Waals surface area contributed by atoms with Crippen molar-refractivity contribution in [1.82, 2.24) is 19.8 Å². The standard InChI is InChI=1S/C13H16N4O2/c1-10-2-3-13(18)17(14-10)8-11-6-16(7-11)9-12-4-5-19-15-12/h2-5,11H,6-9H2,1H3. The van der Waals surface area contributed by atoms with E-state index in [4.69, 9.17) is 4.52 Å². The largest absolute Gasteiger partial charge is 0.364 e. The summed E-state index contributed by atoms with van der Waals surface area (Å²) < 4.78 is 6.37. The fourth-order valence-electron chi connectivity index (χ4n) is 2.40. The minimum absolute atomic E-state index is 0.0273. The Morgan fingerprint density at radius 2 is 2.21 bits per heavy atom. The number of hydrogen-bond acceptors (Lipinski definition) is 5. The Hall–Kier alpha value is -1.95. The van der Waals surface area contributed by atoms with Gasteiger partial charge >= 0.3 is 0 Å². The van der Waals surface area contributed by atoms with Crippen LogP contribution in [0.25, 0.3) is 0 Å². The predicted octanol–water partition coefficient (Wildman–Crippen LogP) is 0.672. The van der Waals surface area contributed by atoms with Gasteiger partial charge < -0.3 is 4.52 Å². The summed E-state index contributed by atoms with van der Waals surface area (Å²) >= 11 is 0. The zero-order valence-electron chi connectivity index (χ0n) is 10.8. The van der Waals surface area contributed by atoms with E-state index in [1.165, 1.54) is 0 Å². The van der Waals surface area contributed by atoms with Crippen LogP contribution in [0.1, 0.15) is 11.4 Å². The Balaban J connectivity index is 1.54. The van der Waals surface area contributed by atoms with Gasteiger partial charge in [0.05, 0.1) is 17.9 Å². The quantitative estimate of drug-likeness (QED) is 0.808. The van der Waals surface area contributed by atoms with Crippen molar-refractivity contribution < 1.29 is 4.52 Å². The van der Waals surface area contributed by atoms with Crippen molar-refractivity contribution in [3.05, 3.63) is 46.2 Å². The molecule has 2 aromatic heterocycles. The lowest BCUT2D eigenvalue weighted by Gasteiger charge is -2.38.